The van der Waals surface area contributed by atoms with Crippen LogP contribution in [0, 0.1) is 0 Å². The Hall–Kier alpha value is -0.720. The Morgan fingerprint density at radius 2 is 2.40 bits per heavy atom. The third kappa shape index (κ3) is 1.63. The van der Waals surface area contributed by atoms with E-state index in [0.29, 0.717) is 0 Å². The van der Waals surface area contributed by atoms with Crippen molar-refractivity contribution < 1.29 is 0 Å². The summed E-state index contributed by atoms with van der Waals surface area (Å²) in [4.78, 5) is 4.04. The van der Waals surface area contributed by atoms with Gasteiger partial charge in [-0.15, -0.1) is 0 Å². The number of nitrogens with zero attached hydrogens (tertiary/aromatic N) is 1. The number of hydrogen-bond donors (Lipinski definition) is 0. The second-order valence-corrected chi connectivity index (χ2v) is 2.73. The van der Waals surface area contributed by atoms with Crippen molar-refractivity contribution in [3.8, 4) is 0 Å². The van der Waals surface area contributed by atoms with Gasteiger partial charge in [-0.05, 0) is 25.6 Å². The maximum absolute atomic E-state index is 4.53. The maximum atomic E-state index is 4.53. The molecule has 0 aliphatic heterocycles. The zero-order chi connectivity index (χ0) is 7.45. The van der Waals surface area contributed by atoms with E-state index in [9.17, 15) is 0 Å². The van der Waals surface area contributed by atoms with Crippen LogP contribution in [0.5, 0.6) is 0 Å². The van der Waals surface area contributed by atoms with Crippen LogP contribution in [-0.2, 0) is 0 Å². The van der Waals surface area contributed by atoms with Gasteiger partial charge in [0.05, 0.1) is 10.7 Å². The number of hydrogen-bond acceptors (Lipinski definition) is 2. The fraction of sp³-hybridized carbons (Fsp3) is 0.375. The van der Waals surface area contributed by atoms with E-state index in [2.05, 4.69) is 28.4 Å². The Balaban J connectivity index is 2.79. The average Bonchev–Trinajstić information content (AvgIpc) is 1.89. The van der Waals surface area contributed by atoms with Crippen molar-refractivity contribution in [2.24, 2.45) is 4.99 Å². The molecule has 0 radical (unpaired) electrons. The highest BCUT2D eigenvalue weighted by Gasteiger charge is 2.17. The molecule has 0 saturated carbocycles. The van der Waals surface area contributed by atoms with Crippen molar-refractivity contribution in [2.45, 2.75) is 18.9 Å². The minimum atomic E-state index is -0.128. The molecule has 2 heteroatoms. The molecule has 0 spiro atoms. The molecule has 0 saturated heterocycles. The monoisotopic (exact) mass is 151 g/mol. The first-order chi connectivity index (χ1) is 4.77. The highest BCUT2D eigenvalue weighted by atomic mass is 32.1. The normalized spacial score (nSPS) is 29.7. The lowest BCUT2D eigenvalue weighted by atomic mass is 9.95. The maximum Gasteiger partial charge on any atom is 0.0899 e. The quantitative estimate of drug-likeness (QED) is 0.414. The molecule has 0 aromatic carbocycles. The number of rotatable bonds is 1. The molecule has 1 rings (SSSR count). The summed E-state index contributed by atoms with van der Waals surface area (Å²) >= 11 is 4.53. The fourth-order valence-electron chi connectivity index (χ4n) is 0.903. The molecule has 1 atom stereocenters. The Labute approximate surface area is 66.2 Å². The summed E-state index contributed by atoms with van der Waals surface area (Å²) in [6, 6.07) is 0. The van der Waals surface area contributed by atoms with E-state index < -0.39 is 0 Å². The first-order valence-electron chi connectivity index (χ1n) is 3.20. The van der Waals surface area contributed by atoms with Crippen molar-refractivity contribution in [3.63, 3.8) is 0 Å². The standard InChI is InChI=1S/C8H9NS/c1-8(9-7-10)5-3-2-4-6-8/h2-5H,6H2,1H3. The predicted molar refractivity (Wildman–Crippen MR) is 46.3 cm³/mol. The van der Waals surface area contributed by atoms with E-state index in [0.717, 1.165) is 6.42 Å². The molecule has 52 valence electrons. The van der Waals surface area contributed by atoms with E-state index in [1.807, 2.05) is 25.2 Å². The highest BCUT2D eigenvalue weighted by molar-refractivity contribution is 7.78. The third-order valence-electron chi connectivity index (χ3n) is 1.53. The van der Waals surface area contributed by atoms with Crippen molar-refractivity contribution in [1.29, 1.82) is 0 Å². The lowest BCUT2D eigenvalue weighted by Gasteiger charge is -2.18. The van der Waals surface area contributed by atoms with Crippen molar-refractivity contribution in [2.75, 3.05) is 0 Å². The fourth-order valence-corrected chi connectivity index (χ4v) is 1.11. The van der Waals surface area contributed by atoms with Gasteiger partial charge in [-0.3, -0.25) is 0 Å². The molecule has 0 bridgehead atoms. The Morgan fingerprint density at radius 1 is 1.60 bits per heavy atom. The van der Waals surface area contributed by atoms with Crippen LogP contribution in [0.15, 0.2) is 29.3 Å². The van der Waals surface area contributed by atoms with Gasteiger partial charge in [0.1, 0.15) is 0 Å². The Bertz CT molecular complexity index is 223. The molecule has 0 aromatic rings. The minimum Gasteiger partial charge on any atom is -0.222 e. The zero-order valence-corrected chi connectivity index (χ0v) is 6.69. The highest BCUT2D eigenvalue weighted by Crippen LogP contribution is 2.20. The number of thiocarbonyl (C=S) groups is 1. The van der Waals surface area contributed by atoms with E-state index in [4.69, 9.17) is 0 Å². The SMILES string of the molecule is CC1(N=C=S)C=CC=CC1. The zero-order valence-electron chi connectivity index (χ0n) is 5.87. The molecule has 0 aromatic heterocycles. The van der Waals surface area contributed by atoms with Gasteiger partial charge in [-0.1, -0.05) is 24.3 Å². The molecule has 1 unspecified atom stereocenters. The van der Waals surface area contributed by atoms with Crippen LogP contribution in [-0.4, -0.2) is 10.7 Å². The summed E-state index contributed by atoms with van der Waals surface area (Å²) in [5.41, 5.74) is -0.128. The third-order valence-corrected chi connectivity index (χ3v) is 1.63. The van der Waals surface area contributed by atoms with Gasteiger partial charge in [0.25, 0.3) is 0 Å². The van der Waals surface area contributed by atoms with Gasteiger partial charge in [0.15, 0.2) is 0 Å². The molecular weight excluding hydrogens is 142 g/mol. The molecule has 1 aliphatic rings. The summed E-state index contributed by atoms with van der Waals surface area (Å²) in [5, 5.41) is 2.40. The second-order valence-electron chi connectivity index (χ2n) is 2.55. The molecule has 10 heavy (non-hydrogen) atoms. The van der Waals surface area contributed by atoms with E-state index in [1.54, 1.807) is 0 Å². The van der Waals surface area contributed by atoms with Gasteiger partial charge in [0, 0.05) is 0 Å². The van der Waals surface area contributed by atoms with Gasteiger partial charge < -0.3 is 0 Å². The molecule has 1 nitrogen and oxygen atoms in total. The number of isothiocyanates is 1. The van der Waals surface area contributed by atoms with Gasteiger partial charge in [0.2, 0.25) is 0 Å². The molecule has 0 amide bonds. The minimum absolute atomic E-state index is 0.128. The number of aliphatic imine (C=N–C) groups is 1. The van der Waals surface area contributed by atoms with Crippen molar-refractivity contribution in [1.82, 2.24) is 0 Å². The Kier molecular flexibility index (Phi) is 2.15. The summed E-state index contributed by atoms with van der Waals surface area (Å²) in [6.45, 7) is 2.03. The summed E-state index contributed by atoms with van der Waals surface area (Å²) in [6.07, 6.45) is 9.04. The topological polar surface area (TPSA) is 12.4 Å². The van der Waals surface area contributed by atoms with Crippen LogP contribution >= 0.6 is 12.2 Å². The van der Waals surface area contributed by atoms with Crippen LogP contribution < -0.4 is 0 Å². The molecular formula is C8H9NS. The van der Waals surface area contributed by atoms with Crippen molar-refractivity contribution in [3.05, 3.63) is 24.3 Å². The lowest BCUT2D eigenvalue weighted by molar-refractivity contribution is 0.597. The van der Waals surface area contributed by atoms with Crippen molar-refractivity contribution >= 4 is 17.4 Å². The second kappa shape index (κ2) is 2.91. The van der Waals surface area contributed by atoms with Gasteiger partial charge >= 0.3 is 0 Å². The Morgan fingerprint density at radius 3 is 2.90 bits per heavy atom. The number of allylic oxidation sites excluding steroid dienone is 2. The molecule has 1 aliphatic carbocycles. The molecule has 0 N–H and O–H groups in total. The molecule has 0 heterocycles. The van der Waals surface area contributed by atoms with Gasteiger partial charge in [-0.25, -0.2) is 4.99 Å². The predicted octanol–water partition coefficient (Wildman–Crippen LogP) is 2.36. The van der Waals surface area contributed by atoms with E-state index >= 15 is 0 Å². The van der Waals surface area contributed by atoms with Crippen LogP contribution in [0.3, 0.4) is 0 Å². The van der Waals surface area contributed by atoms with E-state index in [-0.39, 0.29) is 5.54 Å². The summed E-state index contributed by atoms with van der Waals surface area (Å²) < 4.78 is 0. The first-order valence-corrected chi connectivity index (χ1v) is 3.61. The van der Waals surface area contributed by atoms with Crippen LogP contribution in [0.25, 0.3) is 0 Å². The lowest BCUT2D eigenvalue weighted by Crippen LogP contribution is -2.18. The summed E-state index contributed by atoms with van der Waals surface area (Å²) in [7, 11) is 0. The largest absolute Gasteiger partial charge is 0.222 e. The average molecular weight is 151 g/mol. The molecule has 0 fully saturated rings. The van der Waals surface area contributed by atoms with E-state index in [1.165, 1.54) is 0 Å². The van der Waals surface area contributed by atoms with Crippen LogP contribution in [0.1, 0.15) is 13.3 Å². The smallest absolute Gasteiger partial charge is 0.0899 e. The van der Waals surface area contributed by atoms with Gasteiger partial charge in [-0.2, -0.15) is 0 Å². The van der Waals surface area contributed by atoms with Crippen LogP contribution in [0.4, 0.5) is 0 Å². The first kappa shape index (κ1) is 7.39. The summed E-state index contributed by atoms with van der Waals surface area (Å²) in [5.74, 6) is 0. The van der Waals surface area contributed by atoms with Crippen LogP contribution in [0.2, 0.25) is 0 Å².